The van der Waals surface area contributed by atoms with Crippen molar-refractivity contribution in [3.8, 4) is 0 Å². The lowest BCUT2D eigenvalue weighted by molar-refractivity contribution is -0.147. The van der Waals surface area contributed by atoms with Gasteiger partial charge in [-0.2, -0.15) is 0 Å². The van der Waals surface area contributed by atoms with Crippen molar-refractivity contribution in [3.05, 3.63) is 47.5 Å². The summed E-state index contributed by atoms with van der Waals surface area (Å²) in [6.45, 7) is 12.5. The molecule has 11 nitrogen and oxygen atoms in total. The zero-order chi connectivity index (χ0) is 32.4. The largest absolute Gasteiger partial charge is 0.467 e. The van der Waals surface area contributed by atoms with Gasteiger partial charge < -0.3 is 31.3 Å². The normalized spacial score (nSPS) is 19.0. The van der Waals surface area contributed by atoms with Gasteiger partial charge in [0.25, 0.3) is 0 Å². The molecular formula is C32H49N5O6. The van der Waals surface area contributed by atoms with E-state index in [0.717, 1.165) is 11.1 Å². The van der Waals surface area contributed by atoms with Crippen LogP contribution in [-0.4, -0.2) is 78.4 Å². The van der Waals surface area contributed by atoms with Gasteiger partial charge in [0.05, 0.1) is 19.1 Å². The zero-order valence-electron chi connectivity index (χ0n) is 26.7. The molecule has 1 heterocycles. The molecule has 0 saturated heterocycles. The third-order valence-corrected chi connectivity index (χ3v) is 7.80. The summed E-state index contributed by atoms with van der Waals surface area (Å²) in [6.07, 6.45) is 2.76. The average Bonchev–Trinajstić information content (AvgIpc) is 3.12. The van der Waals surface area contributed by atoms with Crippen LogP contribution < -0.4 is 21.7 Å². The number of carbonyl (C=O) groups excluding carboxylic acids is 5. The standard InChI is InChI=1S/C32H49N5O6/c1-18(2)26(30(40)36-27(19(3)4)32(42)43-8)35-29(39)22(7)37-15-14-24(21(6)34-28(38)20(5)33)17-25(31(37)41)16-23-12-10-9-11-13-23/h9-13,17-22,25-27H,14-16,33H2,1-8H3,(H,34,38)(H,35,39)(H,36,40)/t20-,21-,22-,25?,26-,27-/m0/s1. The van der Waals surface area contributed by atoms with E-state index in [1.807, 2.05) is 43.3 Å². The molecule has 2 rings (SSSR count). The molecule has 4 amide bonds. The van der Waals surface area contributed by atoms with Crippen LogP contribution in [0.25, 0.3) is 0 Å². The summed E-state index contributed by atoms with van der Waals surface area (Å²) in [4.78, 5) is 66.8. The summed E-state index contributed by atoms with van der Waals surface area (Å²) in [6, 6.07) is 5.87. The Morgan fingerprint density at radius 2 is 1.47 bits per heavy atom. The Morgan fingerprint density at radius 3 is 2.00 bits per heavy atom. The highest BCUT2D eigenvalue weighted by Crippen LogP contribution is 2.25. The summed E-state index contributed by atoms with van der Waals surface area (Å²) >= 11 is 0. The zero-order valence-corrected chi connectivity index (χ0v) is 26.7. The average molecular weight is 600 g/mol. The molecule has 0 fully saturated rings. The Kier molecular flexibility index (Phi) is 13.4. The van der Waals surface area contributed by atoms with Crippen LogP contribution in [0.2, 0.25) is 0 Å². The van der Waals surface area contributed by atoms with Gasteiger partial charge >= 0.3 is 5.97 Å². The minimum absolute atomic E-state index is 0.219. The summed E-state index contributed by atoms with van der Waals surface area (Å²) in [5.74, 6) is -3.16. The maximum absolute atomic E-state index is 13.9. The minimum atomic E-state index is -0.940. The molecule has 5 N–H and O–H groups in total. The lowest BCUT2D eigenvalue weighted by atomic mass is 9.94. The molecule has 238 valence electrons. The van der Waals surface area contributed by atoms with E-state index in [1.54, 1.807) is 41.5 Å². The highest BCUT2D eigenvalue weighted by atomic mass is 16.5. The second-order valence-corrected chi connectivity index (χ2v) is 12.0. The summed E-state index contributed by atoms with van der Waals surface area (Å²) in [5.41, 5.74) is 7.58. The van der Waals surface area contributed by atoms with Gasteiger partial charge in [0.2, 0.25) is 23.6 Å². The van der Waals surface area contributed by atoms with Gasteiger partial charge in [-0.3, -0.25) is 19.2 Å². The third kappa shape index (κ3) is 9.91. The number of hydrogen-bond acceptors (Lipinski definition) is 7. The molecule has 1 aromatic rings. The Balaban J connectivity index is 2.29. The van der Waals surface area contributed by atoms with Crippen LogP contribution in [0.3, 0.4) is 0 Å². The maximum Gasteiger partial charge on any atom is 0.328 e. The number of carbonyl (C=O) groups is 5. The molecule has 0 bridgehead atoms. The maximum atomic E-state index is 13.9. The van der Waals surface area contributed by atoms with Crippen LogP contribution in [0, 0.1) is 17.8 Å². The van der Waals surface area contributed by atoms with Crippen molar-refractivity contribution in [3.63, 3.8) is 0 Å². The number of methoxy groups -OCH3 is 1. The van der Waals surface area contributed by atoms with E-state index in [-0.39, 0.29) is 36.2 Å². The number of esters is 1. The first kappa shape index (κ1) is 35.5. The molecule has 1 aliphatic rings. The van der Waals surface area contributed by atoms with Crippen LogP contribution >= 0.6 is 0 Å². The van der Waals surface area contributed by atoms with Crippen LogP contribution in [0.1, 0.15) is 60.5 Å². The van der Waals surface area contributed by atoms with Crippen molar-refractivity contribution in [2.45, 2.75) is 91.5 Å². The molecule has 0 aromatic heterocycles. The first-order chi connectivity index (χ1) is 20.2. The first-order valence-electron chi connectivity index (χ1n) is 15.0. The van der Waals surface area contributed by atoms with E-state index in [9.17, 15) is 24.0 Å². The van der Waals surface area contributed by atoms with E-state index in [2.05, 4.69) is 16.0 Å². The second-order valence-electron chi connectivity index (χ2n) is 12.0. The highest BCUT2D eigenvalue weighted by Gasteiger charge is 2.36. The van der Waals surface area contributed by atoms with Crippen molar-refractivity contribution in [2.24, 2.45) is 23.5 Å². The van der Waals surface area contributed by atoms with Crippen LogP contribution in [0.15, 0.2) is 42.0 Å². The highest BCUT2D eigenvalue weighted by molar-refractivity contribution is 5.94. The van der Waals surface area contributed by atoms with Crippen LogP contribution in [0.4, 0.5) is 0 Å². The lowest BCUT2D eigenvalue weighted by Crippen LogP contribution is -2.58. The van der Waals surface area contributed by atoms with Crippen molar-refractivity contribution in [1.29, 1.82) is 0 Å². The molecule has 6 atom stereocenters. The van der Waals surface area contributed by atoms with Gasteiger partial charge in [-0.15, -0.1) is 0 Å². The molecule has 1 aromatic carbocycles. The molecule has 0 aliphatic carbocycles. The Hall–Kier alpha value is -3.73. The summed E-state index contributed by atoms with van der Waals surface area (Å²) in [7, 11) is 1.25. The fourth-order valence-corrected chi connectivity index (χ4v) is 5.00. The molecule has 0 spiro atoms. The topological polar surface area (TPSA) is 160 Å². The lowest BCUT2D eigenvalue weighted by Gasteiger charge is -2.32. The van der Waals surface area contributed by atoms with Crippen molar-refractivity contribution < 1.29 is 28.7 Å². The van der Waals surface area contributed by atoms with E-state index in [1.165, 1.54) is 12.0 Å². The summed E-state index contributed by atoms with van der Waals surface area (Å²) < 4.78 is 4.83. The smallest absolute Gasteiger partial charge is 0.328 e. The quantitative estimate of drug-likeness (QED) is 0.198. The number of amides is 4. The number of nitrogens with zero attached hydrogens (tertiary/aromatic N) is 1. The van der Waals surface area contributed by atoms with E-state index in [4.69, 9.17) is 10.5 Å². The second kappa shape index (κ2) is 16.2. The van der Waals surface area contributed by atoms with E-state index >= 15 is 0 Å². The molecule has 0 radical (unpaired) electrons. The van der Waals surface area contributed by atoms with Gasteiger partial charge in [-0.05, 0) is 56.6 Å². The van der Waals surface area contributed by atoms with Gasteiger partial charge in [0, 0.05) is 12.6 Å². The fraction of sp³-hybridized carbons (Fsp3) is 0.594. The monoisotopic (exact) mass is 599 g/mol. The van der Waals surface area contributed by atoms with E-state index < -0.39 is 47.9 Å². The van der Waals surface area contributed by atoms with Gasteiger partial charge in [0.15, 0.2) is 0 Å². The van der Waals surface area contributed by atoms with Crippen molar-refractivity contribution in [2.75, 3.05) is 13.7 Å². The van der Waals surface area contributed by atoms with Gasteiger partial charge in [0.1, 0.15) is 18.1 Å². The predicted octanol–water partition coefficient (Wildman–Crippen LogP) is 1.70. The number of hydrogen-bond donors (Lipinski definition) is 4. The Morgan fingerprint density at radius 1 is 0.884 bits per heavy atom. The number of ether oxygens (including phenoxy) is 1. The van der Waals surface area contributed by atoms with Crippen LogP contribution in [-0.2, 0) is 35.1 Å². The number of benzene rings is 1. The van der Waals surface area contributed by atoms with Gasteiger partial charge in [-0.1, -0.05) is 64.1 Å². The number of rotatable bonds is 13. The number of nitrogens with one attached hydrogen (secondary N) is 3. The molecule has 0 saturated carbocycles. The summed E-state index contributed by atoms with van der Waals surface area (Å²) in [5, 5.41) is 8.43. The number of nitrogens with two attached hydrogens (primary N) is 1. The minimum Gasteiger partial charge on any atom is -0.467 e. The van der Waals surface area contributed by atoms with E-state index in [0.29, 0.717) is 12.8 Å². The molecule has 43 heavy (non-hydrogen) atoms. The Labute approximate surface area is 255 Å². The molecule has 1 aliphatic heterocycles. The van der Waals surface area contributed by atoms with Gasteiger partial charge in [-0.25, -0.2) is 4.79 Å². The molecular weight excluding hydrogens is 550 g/mol. The van der Waals surface area contributed by atoms with Crippen molar-refractivity contribution in [1.82, 2.24) is 20.9 Å². The molecule has 11 heteroatoms. The third-order valence-electron chi connectivity index (χ3n) is 7.80. The first-order valence-corrected chi connectivity index (χ1v) is 15.0. The van der Waals surface area contributed by atoms with Crippen molar-refractivity contribution >= 4 is 29.6 Å². The SMILES string of the molecule is COC(=O)[C@@H](NC(=O)[C@@H](NC(=O)[C@H](C)N1CCC([C@H](C)NC(=O)[C@H](C)N)=CC(Cc2ccccc2)C1=O)C(C)C)C(C)C. The Bertz CT molecular complexity index is 1170. The molecule has 1 unspecified atom stereocenters. The predicted molar refractivity (Wildman–Crippen MR) is 164 cm³/mol. The van der Waals surface area contributed by atoms with Crippen LogP contribution in [0.5, 0.6) is 0 Å². The fourth-order valence-electron chi connectivity index (χ4n) is 5.00.